The van der Waals surface area contributed by atoms with Crippen LogP contribution in [0.1, 0.15) is 26.7 Å². The van der Waals surface area contributed by atoms with Crippen molar-refractivity contribution in [2.24, 2.45) is 0 Å². The van der Waals surface area contributed by atoms with Crippen molar-refractivity contribution in [1.29, 1.82) is 0 Å². The Balaban J connectivity index is 3.08. The first-order valence-electron chi connectivity index (χ1n) is 6.19. The van der Waals surface area contributed by atoms with Gasteiger partial charge >= 0.3 is 0 Å². The molecular formula is C12H21N3O2S. The molecule has 6 heteroatoms. The van der Waals surface area contributed by atoms with Gasteiger partial charge in [-0.2, -0.15) is 4.31 Å². The fraction of sp³-hybridized carbons (Fsp3) is 0.583. The van der Waals surface area contributed by atoms with Crippen molar-refractivity contribution in [2.45, 2.75) is 31.6 Å². The topological polar surface area (TPSA) is 62.3 Å². The summed E-state index contributed by atoms with van der Waals surface area (Å²) in [5, 5.41) is 2.90. The number of nitrogens with zero attached hydrogens (tertiary/aromatic N) is 2. The smallest absolute Gasteiger partial charge is 0.244 e. The Morgan fingerprint density at radius 2 is 1.83 bits per heavy atom. The Hall–Kier alpha value is -1.14. The SMILES string of the molecule is CCCN(CCC)S(=O)(=O)c1cncc(NC)c1. The van der Waals surface area contributed by atoms with Gasteiger partial charge in [0.15, 0.2) is 0 Å². The zero-order valence-electron chi connectivity index (χ0n) is 11.2. The number of aromatic nitrogens is 1. The average molecular weight is 271 g/mol. The molecule has 0 radical (unpaired) electrons. The monoisotopic (exact) mass is 271 g/mol. The maximum atomic E-state index is 12.4. The van der Waals surface area contributed by atoms with Crippen molar-refractivity contribution in [3.63, 3.8) is 0 Å². The van der Waals surface area contributed by atoms with Gasteiger partial charge in [-0.25, -0.2) is 8.42 Å². The second-order valence-corrected chi connectivity index (χ2v) is 6.00. The maximum absolute atomic E-state index is 12.4. The molecule has 18 heavy (non-hydrogen) atoms. The summed E-state index contributed by atoms with van der Waals surface area (Å²) in [5.74, 6) is 0. The van der Waals surface area contributed by atoms with Crippen molar-refractivity contribution in [1.82, 2.24) is 9.29 Å². The first kappa shape index (κ1) is 14.9. The zero-order valence-corrected chi connectivity index (χ0v) is 12.0. The van der Waals surface area contributed by atoms with E-state index >= 15 is 0 Å². The fourth-order valence-electron chi connectivity index (χ4n) is 1.70. The molecule has 0 aromatic carbocycles. The fourth-order valence-corrected chi connectivity index (χ4v) is 3.31. The van der Waals surface area contributed by atoms with Gasteiger partial charge in [-0.15, -0.1) is 0 Å². The van der Waals surface area contributed by atoms with Crippen molar-refractivity contribution >= 4 is 15.7 Å². The third-order valence-corrected chi connectivity index (χ3v) is 4.45. The number of hydrogen-bond acceptors (Lipinski definition) is 4. The molecule has 0 bridgehead atoms. The lowest BCUT2D eigenvalue weighted by Gasteiger charge is -2.21. The van der Waals surface area contributed by atoms with Crippen LogP contribution in [0.15, 0.2) is 23.4 Å². The maximum Gasteiger partial charge on any atom is 0.244 e. The van der Waals surface area contributed by atoms with E-state index in [0.29, 0.717) is 18.8 Å². The molecule has 1 rings (SSSR count). The number of pyridine rings is 1. The summed E-state index contributed by atoms with van der Waals surface area (Å²) < 4.78 is 26.4. The first-order chi connectivity index (χ1) is 8.56. The number of nitrogens with one attached hydrogen (secondary N) is 1. The van der Waals surface area contributed by atoms with E-state index < -0.39 is 10.0 Å². The van der Waals surface area contributed by atoms with Crippen LogP contribution < -0.4 is 5.32 Å². The van der Waals surface area contributed by atoms with Crippen LogP contribution in [0.2, 0.25) is 0 Å². The quantitative estimate of drug-likeness (QED) is 0.823. The Morgan fingerprint density at radius 1 is 1.22 bits per heavy atom. The highest BCUT2D eigenvalue weighted by Gasteiger charge is 2.23. The van der Waals surface area contributed by atoms with E-state index in [1.54, 1.807) is 19.3 Å². The number of hydrogen-bond donors (Lipinski definition) is 1. The van der Waals surface area contributed by atoms with E-state index in [-0.39, 0.29) is 4.90 Å². The molecule has 5 nitrogen and oxygen atoms in total. The highest BCUT2D eigenvalue weighted by molar-refractivity contribution is 7.89. The van der Waals surface area contributed by atoms with E-state index in [2.05, 4.69) is 10.3 Å². The summed E-state index contributed by atoms with van der Waals surface area (Å²) in [6, 6.07) is 1.61. The Bertz CT molecular complexity index is 468. The molecule has 0 saturated heterocycles. The highest BCUT2D eigenvalue weighted by Crippen LogP contribution is 2.18. The number of anilines is 1. The van der Waals surface area contributed by atoms with Gasteiger partial charge < -0.3 is 5.32 Å². The van der Waals surface area contributed by atoms with Crippen LogP contribution in [0.3, 0.4) is 0 Å². The van der Waals surface area contributed by atoms with Crippen LogP contribution in [0.5, 0.6) is 0 Å². The van der Waals surface area contributed by atoms with Gasteiger partial charge in [-0.3, -0.25) is 4.98 Å². The Labute approximate surface area is 109 Å². The molecule has 0 aliphatic heterocycles. The second-order valence-electron chi connectivity index (χ2n) is 4.06. The summed E-state index contributed by atoms with van der Waals surface area (Å²) in [6.45, 7) is 5.03. The number of sulfonamides is 1. The molecule has 0 aliphatic rings. The lowest BCUT2D eigenvalue weighted by molar-refractivity contribution is 0.410. The van der Waals surface area contributed by atoms with Gasteiger partial charge in [-0.1, -0.05) is 13.8 Å². The second kappa shape index (κ2) is 6.70. The normalized spacial score (nSPS) is 11.8. The van der Waals surface area contributed by atoms with Crippen molar-refractivity contribution in [3.05, 3.63) is 18.5 Å². The van der Waals surface area contributed by atoms with Gasteiger partial charge in [0.05, 0.1) is 11.9 Å². The minimum absolute atomic E-state index is 0.247. The lowest BCUT2D eigenvalue weighted by Crippen LogP contribution is -2.32. The van der Waals surface area contributed by atoms with Gasteiger partial charge in [0.1, 0.15) is 4.90 Å². The zero-order chi connectivity index (χ0) is 13.6. The summed E-state index contributed by atoms with van der Waals surface area (Å²) in [5.41, 5.74) is 0.698. The Kier molecular flexibility index (Phi) is 5.55. The largest absolute Gasteiger partial charge is 0.387 e. The molecule has 0 amide bonds. The van der Waals surface area contributed by atoms with Crippen LogP contribution in [0.25, 0.3) is 0 Å². The van der Waals surface area contributed by atoms with Gasteiger partial charge in [0, 0.05) is 26.3 Å². The van der Waals surface area contributed by atoms with E-state index in [1.165, 1.54) is 10.5 Å². The molecule has 1 N–H and O–H groups in total. The molecule has 0 saturated carbocycles. The molecule has 0 unspecified atom stereocenters. The van der Waals surface area contributed by atoms with Crippen LogP contribution in [-0.2, 0) is 10.0 Å². The molecule has 1 aromatic rings. The predicted molar refractivity (Wildman–Crippen MR) is 73.1 cm³/mol. The predicted octanol–water partition coefficient (Wildman–Crippen LogP) is 1.93. The van der Waals surface area contributed by atoms with Crippen molar-refractivity contribution in [3.8, 4) is 0 Å². The van der Waals surface area contributed by atoms with Gasteiger partial charge in [-0.05, 0) is 18.9 Å². The summed E-state index contributed by atoms with van der Waals surface area (Å²) in [6.07, 6.45) is 4.61. The average Bonchev–Trinajstić information content (AvgIpc) is 2.38. The molecule has 1 aromatic heterocycles. The van der Waals surface area contributed by atoms with Crippen LogP contribution in [-0.4, -0.2) is 37.8 Å². The third kappa shape index (κ3) is 3.43. The summed E-state index contributed by atoms with van der Waals surface area (Å²) >= 11 is 0. The lowest BCUT2D eigenvalue weighted by atomic mass is 10.4. The van der Waals surface area contributed by atoms with E-state index in [4.69, 9.17) is 0 Å². The summed E-state index contributed by atoms with van der Waals surface area (Å²) in [4.78, 5) is 4.20. The van der Waals surface area contributed by atoms with E-state index in [9.17, 15) is 8.42 Å². The van der Waals surface area contributed by atoms with Crippen LogP contribution in [0.4, 0.5) is 5.69 Å². The highest BCUT2D eigenvalue weighted by atomic mass is 32.2. The van der Waals surface area contributed by atoms with Crippen molar-refractivity contribution < 1.29 is 8.42 Å². The molecule has 102 valence electrons. The minimum Gasteiger partial charge on any atom is -0.387 e. The summed E-state index contributed by atoms with van der Waals surface area (Å²) in [7, 11) is -1.69. The standard InChI is InChI=1S/C12H21N3O2S/c1-4-6-15(7-5-2)18(16,17)12-8-11(13-3)9-14-10-12/h8-10,13H,4-7H2,1-3H3. The minimum atomic E-state index is -3.43. The number of rotatable bonds is 7. The molecular weight excluding hydrogens is 250 g/mol. The molecule has 1 heterocycles. The van der Waals surface area contributed by atoms with Crippen molar-refractivity contribution in [2.75, 3.05) is 25.5 Å². The van der Waals surface area contributed by atoms with Gasteiger partial charge in [0.25, 0.3) is 0 Å². The molecule has 0 aliphatic carbocycles. The van der Waals surface area contributed by atoms with Crippen LogP contribution in [0, 0.1) is 0 Å². The van der Waals surface area contributed by atoms with Gasteiger partial charge in [0.2, 0.25) is 10.0 Å². The molecule has 0 spiro atoms. The third-order valence-electron chi connectivity index (χ3n) is 2.59. The Morgan fingerprint density at radius 3 is 2.33 bits per heavy atom. The van der Waals surface area contributed by atoms with E-state index in [0.717, 1.165) is 12.8 Å². The first-order valence-corrected chi connectivity index (χ1v) is 7.63. The van der Waals surface area contributed by atoms with E-state index in [1.807, 2.05) is 13.8 Å². The molecule has 0 atom stereocenters. The molecule has 0 fully saturated rings. The van der Waals surface area contributed by atoms with Crippen LogP contribution >= 0.6 is 0 Å².